The van der Waals surface area contributed by atoms with Gasteiger partial charge in [0.2, 0.25) is 0 Å². The number of hydrogen-bond donors (Lipinski definition) is 3. The molecule has 0 radical (unpaired) electrons. The molecule has 0 bridgehead atoms. The Bertz CT molecular complexity index is 598. The Morgan fingerprint density at radius 3 is 3.11 bits per heavy atom. The van der Waals surface area contributed by atoms with Crippen LogP contribution < -0.4 is 11.1 Å². The first-order valence-corrected chi connectivity index (χ1v) is 5.82. The molecule has 3 heterocycles. The van der Waals surface area contributed by atoms with Gasteiger partial charge >= 0.3 is 0 Å². The van der Waals surface area contributed by atoms with Crippen molar-refractivity contribution in [3.8, 4) is 11.5 Å². The summed E-state index contributed by atoms with van der Waals surface area (Å²) in [4.78, 5) is 7.80. The van der Waals surface area contributed by atoms with Crippen molar-refractivity contribution in [1.29, 1.82) is 0 Å². The van der Waals surface area contributed by atoms with Crippen LogP contribution in [0.5, 0.6) is 0 Å². The van der Waals surface area contributed by atoms with Crippen LogP contribution in [0.15, 0.2) is 6.20 Å². The van der Waals surface area contributed by atoms with E-state index in [1.54, 1.807) is 0 Å². The molecule has 1 atom stereocenters. The monoisotopic (exact) mass is 268 g/mol. The second-order valence-corrected chi connectivity index (χ2v) is 4.65. The summed E-state index contributed by atoms with van der Waals surface area (Å²) in [6, 6.07) is 0. The van der Waals surface area contributed by atoms with Crippen molar-refractivity contribution in [2.75, 3.05) is 17.6 Å². The zero-order chi connectivity index (χ0) is 12.7. The average Bonchev–Trinajstić information content (AvgIpc) is 2.75. The van der Waals surface area contributed by atoms with E-state index in [1.807, 2.05) is 0 Å². The minimum absolute atomic E-state index is 0.0216. The van der Waals surface area contributed by atoms with Crippen molar-refractivity contribution in [2.24, 2.45) is 0 Å². The third-order valence-electron chi connectivity index (χ3n) is 2.78. The number of H-pyrrole nitrogens is 1. The summed E-state index contributed by atoms with van der Waals surface area (Å²) in [6.07, 6.45) is 1.69. The van der Waals surface area contributed by atoms with Crippen LogP contribution in [-0.4, -0.2) is 32.1 Å². The fourth-order valence-electron chi connectivity index (χ4n) is 1.90. The highest BCUT2D eigenvalue weighted by Gasteiger charge is 2.24. The summed E-state index contributed by atoms with van der Waals surface area (Å²) >= 11 is 6.09. The Labute approximate surface area is 107 Å². The van der Waals surface area contributed by atoms with Crippen LogP contribution in [0.1, 0.15) is 5.56 Å². The van der Waals surface area contributed by atoms with Gasteiger partial charge in [0.15, 0.2) is 23.3 Å². The van der Waals surface area contributed by atoms with E-state index in [4.69, 9.17) is 17.3 Å². The van der Waals surface area contributed by atoms with Crippen LogP contribution in [0, 0.1) is 5.82 Å². The maximum absolute atomic E-state index is 13.0. The maximum Gasteiger partial charge on any atom is 0.183 e. The van der Waals surface area contributed by atoms with Crippen LogP contribution in [0.2, 0.25) is 0 Å². The number of alkyl halides is 1. The van der Waals surface area contributed by atoms with Gasteiger partial charge in [0.05, 0.1) is 11.6 Å². The number of aromatic amines is 1. The lowest BCUT2D eigenvalue weighted by atomic mass is 10.1. The van der Waals surface area contributed by atoms with Crippen LogP contribution in [0.3, 0.4) is 0 Å². The number of rotatable bonds is 1. The number of nitrogen functional groups attached to an aromatic ring is 1. The molecule has 0 saturated carbocycles. The van der Waals surface area contributed by atoms with Gasteiger partial charge in [-0.2, -0.15) is 5.10 Å². The number of hydrogen-bond acceptors (Lipinski definition) is 5. The summed E-state index contributed by atoms with van der Waals surface area (Å²) in [6.45, 7) is 0.658. The Kier molecular flexibility index (Phi) is 2.55. The van der Waals surface area contributed by atoms with Crippen LogP contribution in [-0.2, 0) is 6.42 Å². The Balaban J connectivity index is 2.07. The van der Waals surface area contributed by atoms with E-state index >= 15 is 0 Å². The number of nitrogens with two attached hydrogens (primary N) is 1. The van der Waals surface area contributed by atoms with Crippen molar-refractivity contribution >= 4 is 23.2 Å². The van der Waals surface area contributed by atoms with Gasteiger partial charge in [-0.1, -0.05) is 0 Å². The van der Waals surface area contributed by atoms with E-state index in [2.05, 4.69) is 25.5 Å². The van der Waals surface area contributed by atoms with E-state index in [-0.39, 0.29) is 11.2 Å². The number of nitrogens with zero attached hydrogens (tertiary/aromatic N) is 3. The molecule has 1 aliphatic rings. The number of aromatic nitrogens is 4. The molecule has 0 saturated heterocycles. The number of nitrogens with one attached hydrogen (secondary N) is 2. The molecule has 1 unspecified atom stereocenters. The standard InChI is InChI=1S/C10H10ClFN6/c11-4-1-5-7(17-18-9(5)14-2-4)10-15-3-6(12)8(13)16-10/h3-4H,1-2H2,(H2,13,15,16)(H2,14,17,18). The van der Waals surface area contributed by atoms with Gasteiger partial charge in [0, 0.05) is 12.1 Å². The first-order valence-electron chi connectivity index (χ1n) is 5.38. The largest absolute Gasteiger partial charge is 0.381 e. The van der Waals surface area contributed by atoms with Crippen LogP contribution in [0.4, 0.5) is 16.0 Å². The quantitative estimate of drug-likeness (QED) is 0.675. The first-order chi connectivity index (χ1) is 8.65. The zero-order valence-corrected chi connectivity index (χ0v) is 10.00. The normalized spacial score (nSPS) is 18.2. The van der Waals surface area contributed by atoms with Crippen molar-refractivity contribution in [2.45, 2.75) is 11.8 Å². The lowest BCUT2D eigenvalue weighted by Gasteiger charge is -2.17. The topological polar surface area (TPSA) is 92.5 Å². The second-order valence-electron chi connectivity index (χ2n) is 4.03. The molecule has 3 rings (SSSR count). The molecular weight excluding hydrogens is 259 g/mol. The first kappa shape index (κ1) is 11.2. The number of halogens is 2. The highest BCUT2D eigenvalue weighted by atomic mass is 35.5. The van der Waals surface area contributed by atoms with Gasteiger partial charge < -0.3 is 11.1 Å². The minimum atomic E-state index is -0.638. The van der Waals surface area contributed by atoms with Gasteiger partial charge in [0.25, 0.3) is 0 Å². The lowest BCUT2D eigenvalue weighted by Crippen LogP contribution is -2.23. The molecule has 0 aliphatic carbocycles. The molecule has 18 heavy (non-hydrogen) atoms. The molecule has 0 spiro atoms. The van der Waals surface area contributed by atoms with Gasteiger partial charge in [-0.3, -0.25) is 5.10 Å². The van der Waals surface area contributed by atoms with Gasteiger partial charge in [-0.25, -0.2) is 14.4 Å². The fourth-order valence-corrected chi connectivity index (χ4v) is 2.13. The maximum atomic E-state index is 13.0. The molecule has 0 aromatic carbocycles. The van der Waals surface area contributed by atoms with E-state index < -0.39 is 5.82 Å². The zero-order valence-electron chi connectivity index (χ0n) is 9.24. The van der Waals surface area contributed by atoms with Crippen LogP contribution in [0.25, 0.3) is 11.5 Å². The second kappa shape index (κ2) is 4.09. The number of fused-ring (bicyclic) bond motifs is 1. The van der Waals surface area contributed by atoms with E-state index in [0.717, 1.165) is 17.6 Å². The van der Waals surface area contributed by atoms with Gasteiger partial charge in [-0.05, 0) is 6.42 Å². The average molecular weight is 269 g/mol. The summed E-state index contributed by atoms with van der Waals surface area (Å²) < 4.78 is 13.0. The lowest BCUT2D eigenvalue weighted by molar-refractivity contribution is 0.620. The van der Waals surface area contributed by atoms with E-state index in [9.17, 15) is 4.39 Å². The van der Waals surface area contributed by atoms with Crippen molar-refractivity contribution in [3.63, 3.8) is 0 Å². The third kappa shape index (κ3) is 1.76. The number of anilines is 2. The Morgan fingerprint density at radius 2 is 2.33 bits per heavy atom. The molecule has 8 heteroatoms. The summed E-state index contributed by atoms with van der Waals surface area (Å²) in [5.41, 5.74) is 6.94. The molecule has 6 nitrogen and oxygen atoms in total. The minimum Gasteiger partial charge on any atom is -0.381 e. The van der Waals surface area contributed by atoms with E-state index in [1.165, 1.54) is 0 Å². The van der Waals surface area contributed by atoms with Crippen molar-refractivity contribution in [1.82, 2.24) is 20.2 Å². The molecule has 0 amide bonds. The SMILES string of the molecule is Nc1nc(-c2[nH]nc3c2CC(Cl)CN3)ncc1F. The van der Waals surface area contributed by atoms with Gasteiger partial charge in [0.1, 0.15) is 5.69 Å². The summed E-state index contributed by atoms with van der Waals surface area (Å²) in [7, 11) is 0. The molecule has 4 N–H and O–H groups in total. The van der Waals surface area contributed by atoms with Crippen LogP contribution >= 0.6 is 11.6 Å². The third-order valence-corrected chi connectivity index (χ3v) is 3.09. The molecule has 2 aromatic heterocycles. The molecule has 94 valence electrons. The molecular formula is C10H10ClFN6. The smallest absolute Gasteiger partial charge is 0.183 e. The highest BCUT2D eigenvalue weighted by molar-refractivity contribution is 6.21. The molecule has 0 fully saturated rings. The fraction of sp³-hybridized carbons (Fsp3) is 0.300. The van der Waals surface area contributed by atoms with Gasteiger partial charge in [-0.15, -0.1) is 11.6 Å². The predicted molar refractivity (Wildman–Crippen MR) is 65.8 cm³/mol. The predicted octanol–water partition coefficient (Wildman–Crippen LogP) is 1.16. The molecule has 1 aliphatic heterocycles. The molecule has 2 aromatic rings. The Morgan fingerprint density at radius 1 is 1.50 bits per heavy atom. The van der Waals surface area contributed by atoms with Crippen molar-refractivity contribution < 1.29 is 4.39 Å². The van der Waals surface area contributed by atoms with E-state index in [0.29, 0.717) is 24.5 Å². The summed E-state index contributed by atoms with van der Waals surface area (Å²) in [5.74, 6) is 0.221. The van der Waals surface area contributed by atoms with Crippen molar-refractivity contribution in [3.05, 3.63) is 17.6 Å². The summed E-state index contributed by atoms with van der Waals surface area (Å²) in [5, 5.41) is 10.0. The highest BCUT2D eigenvalue weighted by Crippen LogP contribution is 2.30. The Hall–Kier alpha value is -1.89.